The third-order valence-electron chi connectivity index (χ3n) is 14.5. The van der Waals surface area contributed by atoms with E-state index < -0.39 is 26.5 Å². The van der Waals surface area contributed by atoms with Crippen molar-refractivity contribution in [3.05, 3.63) is 48.6 Å². The van der Waals surface area contributed by atoms with E-state index in [-0.39, 0.29) is 38.6 Å². The fraction of sp³-hybridized carbons (Fsp3) is 0.848. The molecule has 0 aliphatic heterocycles. The standard InChI is InChI=1S/C66H124NO8P/c1-3-5-7-9-11-13-15-17-19-20-21-22-23-24-25-26-27-28-29-30-31-32-33-34-35-36-37-38-39-40-41-42-43-45-46-48-50-52-54-56-58-65(68)72-62-64(63-74-76(70,71)73-61-60-67)75-66(69)59-57-55-53-51-49-47-44-18-16-14-12-10-8-6-4-2/h6,8,12,14,18,44,49,51,64H,3-5,7,9-11,13,15-17,19-43,45-48,50,52-63,67H2,1-2H3,(H,70,71)/b8-6-,14-12-,44-18-,51-49-. The normalized spacial score (nSPS) is 13.3. The molecule has 0 spiro atoms. The lowest BCUT2D eigenvalue weighted by atomic mass is 10.0. The van der Waals surface area contributed by atoms with Crippen molar-refractivity contribution in [2.45, 2.75) is 335 Å². The molecule has 446 valence electrons. The number of hydrogen-bond acceptors (Lipinski definition) is 8. The van der Waals surface area contributed by atoms with Gasteiger partial charge in [0.05, 0.1) is 13.2 Å². The molecule has 0 amide bonds. The molecule has 0 aliphatic rings. The first-order valence-electron chi connectivity index (χ1n) is 32.6. The molecule has 0 aliphatic carbocycles. The molecule has 0 aromatic rings. The molecule has 0 aromatic heterocycles. The topological polar surface area (TPSA) is 134 Å². The number of carbonyl (C=O) groups excluding carboxylic acids is 2. The number of nitrogens with two attached hydrogens (primary N) is 1. The van der Waals surface area contributed by atoms with Crippen molar-refractivity contribution < 1.29 is 37.6 Å². The molecule has 10 heteroatoms. The van der Waals surface area contributed by atoms with Crippen LogP contribution >= 0.6 is 7.82 Å². The van der Waals surface area contributed by atoms with Gasteiger partial charge in [-0.15, -0.1) is 0 Å². The highest BCUT2D eigenvalue weighted by atomic mass is 31.2. The van der Waals surface area contributed by atoms with Gasteiger partial charge in [-0.05, 0) is 51.4 Å². The molecular weight excluding hydrogens is 966 g/mol. The van der Waals surface area contributed by atoms with Crippen molar-refractivity contribution in [2.24, 2.45) is 5.73 Å². The molecule has 3 N–H and O–H groups in total. The second-order valence-corrected chi connectivity index (χ2v) is 23.4. The zero-order valence-electron chi connectivity index (χ0n) is 50.0. The average Bonchev–Trinajstić information content (AvgIpc) is 3.41. The highest BCUT2D eigenvalue weighted by Crippen LogP contribution is 2.43. The Morgan fingerprint density at radius 2 is 0.724 bits per heavy atom. The highest BCUT2D eigenvalue weighted by molar-refractivity contribution is 7.47. The number of allylic oxidation sites excluding steroid dienone is 8. The number of rotatable bonds is 62. The predicted molar refractivity (Wildman–Crippen MR) is 326 cm³/mol. The predicted octanol–water partition coefficient (Wildman–Crippen LogP) is 20.9. The SMILES string of the molecule is CC/C=C\C/C=C\C/C=C\C/C=C\CCCCC(=O)OC(COC(=O)CCCCCCCCCCCCCCCCCCCCCCCCCCCCCCCCCCCCCCCCCC)COP(=O)(O)OCCN. The third-order valence-corrected chi connectivity index (χ3v) is 15.5. The molecule has 2 atom stereocenters. The van der Waals surface area contributed by atoms with Crippen molar-refractivity contribution >= 4 is 19.8 Å². The van der Waals surface area contributed by atoms with Gasteiger partial charge >= 0.3 is 19.8 Å². The number of unbranched alkanes of at least 4 members (excludes halogenated alkanes) is 41. The average molecular weight is 1090 g/mol. The van der Waals surface area contributed by atoms with Gasteiger partial charge in [0, 0.05) is 19.4 Å². The number of ether oxygens (including phenoxy) is 2. The summed E-state index contributed by atoms with van der Waals surface area (Å²) in [6.07, 6.45) is 78.2. The zero-order chi connectivity index (χ0) is 55.2. The van der Waals surface area contributed by atoms with Crippen molar-refractivity contribution in [1.82, 2.24) is 0 Å². The summed E-state index contributed by atoms with van der Waals surface area (Å²) in [5.74, 6) is -0.866. The van der Waals surface area contributed by atoms with Gasteiger partial charge in [-0.3, -0.25) is 18.6 Å². The van der Waals surface area contributed by atoms with E-state index in [1.807, 2.05) is 0 Å². The molecule has 2 unspecified atom stereocenters. The van der Waals surface area contributed by atoms with Gasteiger partial charge in [0.15, 0.2) is 6.10 Å². The van der Waals surface area contributed by atoms with Crippen LogP contribution in [0.15, 0.2) is 48.6 Å². The van der Waals surface area contributed by atoms with Gasteiger partial charge in [-0.1, -0.05) is 313 Å². The van der Waals surface area contributed by atoms with Gasteiger partial charge in [-0.25, -0.2) is 4.57 Å². The van der Waals surface area contributed by atoms with Gasteiger partial charge in [0.25, 0.3) is 0 Å². The summed E-state index contributed by atoms with van der Waals surface area (Å²) in [5.41, 5.74) is 5.37. The van der Waals surface area contributed by atoms with E-state index in [0.29, 0.717) is 6.42 Å². The minimum Gasteiger partial charge on any atom is -0.462 e. The molecule has 76 heavy (non-hydrogen) atoms. The number of hydrogen-bond donors (Lipinski definition) is 2. The Morgan fingerprint density at radius 1 is 0.408 bits per heavy atom. The smallest absolute Gasteiger partial charge is 0.462 e. The summed E-state index contributed by atoms with van der Waals surface area (Å²) in [5, 5.41) is 0. The number of phosphoric ester groups is 1. The fourth-order valence-corrected chi connectivity index (χ4v) is 10.5. The number of phosphoric acid groups is 1. The van der Waals surface area contributed by atoms with E-state index >= 15 is 0 Å². The van der Waals surface area contributed by atoms with Gasteiger partial charge in [-0.2, -0.15) is 0 Å². The molecule has 0 radical (unpaired) electrons. The van der Waals surface area contributed by atoms with E-state index in [2.05, 4.69) is 62.5 Å². The van der Waals surface area contributed by atoms with E-state index in [0.717, 1.165) is 57.8 Å². The maximum Gasteiger partial charge on any atom is 0.472 e. The van der Waals surface area contributed by atoms with E-state index in [1.165, 1.54) is 238 Å². The number of carbonyl (C=O) groups is 2. The lowest BCUT2D eigenvalue weighted by molar-refractivity contribution is -0.161. The highest BCUT2D eigenvalue weighted by Gasteiger charge is 2.26. The zero-order valence-corrected chi connectivity index (χ0v) is 50.9. The van der Waals surface area contributed by atoms with Gasteiger partial charge in [0.2, 0.25) is 0 Å². The van der Waals surface area contributed by atoms with Crippen molar-refractivity contribution in [2.75, 3.05) is 26.4 Å². The summed E-state index contributed by atoms with van der Waals surface area (Å²) in [6, 6.07) is 0. The molecule has 0 rings (SSSR count). The molecule has 0 saturated heterocycles. The third kappa shape index (κ3) is 61.2. The van der Waals surface area contributed by atoms with Crippen LogP contribution in [0.25, 0.3) is 0 Å². The van der Waals surface area contributed by atoms with Crippen LogP contribution < -0.4 is 5.73 Å². The van der Waals surface area contributed by atoms with Crippen LogP contribution in [0, 0.1) is 0 Å². The number of esters is 2. The van der Waals surface area contributed by atoms with E-state index in [1.54, 1.807) is 0 Å². The Morgan fingerprint density at radius 3 is 1.08 bits per heavy atom. The summed E-state index contributed by atoms with van der Waals surface area (Å²) < 4.78 is 33.0. The van der Waals surface area contributed by atoms with Crippen LogP contribution in [-0.4, -0.2) is 49.3 Å². The summed E-state index contributed by atoms with van der Waals surface area (Å²) in [6.45, 7) is 3.62. The maximum atomic E-state index is 12.6. The lowest BCUT2D eigenvalue weighted by Gasteiger charge is -2.19. The molecule has 0 bridgehead atoms. The maximum absolute atomic E-state index is 12.6. The fourth-order valence-electron chi connectivity index (χ4n) is 9.69. The second kappa shape index (κ2) is 62.2. The Balaban J connectivity index is 3.72. The Hall–Kier alpha value is -2.03. The van der Waals surface area contributed by atoms with Crippen molar-refractivity contribution in [1.29, 1.82) is 0 Å². The molecule has 0 saturated carbocycles. The summed E-state index contributed by atoms with van der Waals surface area (Å²) in [4.78, 5) is 35.1. The monoisotopic (exact) mass is 1090 g/mol. The first-order chi connectivity index (χ1) is 37.3. The first-order valence-corrected chi connectivity index (χ1v) is 34.1. The van der Waals surface area contributed by atoms with Crippen molar-refractivity contribution in [3.8, 4) is 0 Å². The summed E-state index contributed by atoms with van der Waals surface area (Å²) in [7, 11) is -4.40. The largest absolute Gasteiger partial charge is 0.472 e. The van der Waals surface area contributed by atoms with Crippen LogP contribution in [0.4, 0.5) is 0 Å². The van der Waals surface area contributed by atoms with E-state index in [9.17, 15) is 19.0 Å². The molecular formula is C66H124NO8P. The first kappa shape index (κ1) is 74.0. The Labute approximate surface area is 470 Å². The van der Waals surface area contributed by atoms with Crippen LogP contribution in [0.3, 0.4) is 0 Å². The molecule has 0 aromatic carbocycles. The Kier molecular flexibility index (Phi) is 60.5. The quantitative estimate of drug-likeness (QED) is 0.0264. The van der Waals surface area contributed by atoms with Gasteiger partial charge < -0.3 is 20.1 Å². The van der Waals surface area contributed by atoms with Crippen LogP contribution in [0.5, 0.6) is 0 Å². The van der Waals surface area contributed by atoms with Crippen LogP contribution in [0.1, 0.15) is 328 Å². The van der Waals surface area contributed by atoms with Crippen molar-refractivity contribution in [3.63, 3.8) is 0 Å². The molecule has 0 fully saturated rings. The second-order valence-electron chi connectivity index (χ2n) is 22.0. The van der Waals surface area contributed by atoms with Crippen LogP contribution in [-0.2, 0) is 32.7 Å². The molecule has 9 nitrogen and oxygen atoms in total. The minimum absolute atomic E-state index is 0.0463. The van der Waals surface area contributed by atoms with E-state index in [4.69, 9.17) is 24.3 Å². The molecule has 0 heterocycles. The van der Waals surface area contributed by atoms with Gasteiger partial charge in [0.1, 0.15) is 6.61 Å². The Bertz CT molecular complexity index is 1380. The minimum atomic E-state index is -4.40. The lowest BCUT2D eigenvalue weighted by Crippen LogP contribution is -2.29. The summed E-state index contributed by atoms with van der Waals surface area (Å²) >= 11 is 0. The van der Waals surface area contributed by atoms with Crippen LogP contribution in [0.2, 0.25) is 0 Å².